The van der Waals surface area contributed by atoms with Crippen molar-refractivity contribution >= 4 is 24.5 Å². The molecular formula is C11H17N5O6S. The molecule has 23 heavy (non-hydrogen) atoms. The van der Waals surface area contributed by atoms with Crippen LogP contribution in [-0.4, -0.2) is 73.6 Å². The number of aliphatic hydroxyl groups excluding tert-OH is 2. The SMILES string of the molecule is NC(=O)c1ncn([C@@H]2O[C@H](COC(=O)[C@H](N)CS)[C@@H](O)[C@H]2O)n1. The molecule has 5 atom stereocenters. The number of thiol groups is 1. The van der Waals surface area contributed by atoms with Gasteiger partial charge in [0, 0.05) is 5.75 Å². The van der Waals surface area contributed by atoms with Crippen LogP contribution in [0.4, 0.5) is 0 Å². The van der Waals surface area contributed by atoms with E-state index in [4.69, 9.17) is 20.9 Å². The van der Waals surface area contributed by atoms with E-state index in [1.165, 1.54) is 0 Å². The molecule has 1 aliphatic heterocycles. The summed E-state index contributed by atoms with van der Waals surface area (Å²) in [6.07, 6.45) is -3.66. The van der Waals surface area contributed by atoms with Gasteiger partial charge >= 0.3 is 5.97 Å². The summed E-state index contributed by atoms with van der Waals surface area (Å²) < 4.78 is 11.3. The Labute approximate surface area is 136 Å². The first kappa shape index (κ1) is 17.6. The molecule has 0 radical (unpaired) electrons. The smallest absolute Gasteiger partial charge is 0.323 e. The van der Waals surface area contributed by atoms with Gasteiger partial charge in [0.1, 0.15) is 37.3 Å². The van der Waals surface area contributed by atoms with Crippen LogP contribution >= 0.6 is 12.6 Å². The molecule has 1 aromatic heterocycles. The van der Waals surface area contributed by atoms with Crippen LogP contribution in [0.1, 0.15) is 16.8 Å². The Kier molecular flexibility index (Phi) is 5.54. The largest absolute Gasteiger partial charge is 0.462 e. The van der Waals surface area contributed by atoms with Crippen molar-refractivity contribution in [2.75, 3.05) is 12.4 Å². The lowest BCUT2D eigenvalue weighted by Crippen LogP contribution is -2.38. The summed E-state index contributed by atoms with van der Waals surface area (Å²) >= 11 is 3.87. The van der Waals surface area contributed by atoms with Crippen molar-refractivity contribution in [2.45, 2.75) is 30.6 Å². The highest BCUT2D eigenvalue weighted by atomic mass is 32.1. The van der Waals surface area contributed by atoms with Crippen LogP contribution in [0.2, 0.25) is 0 Å². The van der Waals surface area contributed by atoms with Gasteiger partial charge in [-0.2, -0.15) is 12.6 Å². The van der Waals surface area contributed by atoms with Crippen molar-refractivity contribution in [3.63, 3.8) is 0 Å². The first-order chi connectivity index (χ1) is 10.8. The Bertz CT molecular complexity index is 583. The minimum atomic E-state index is -1.36. The van der Waals surface area contributed by atoms with E-state index < -0.39 is 42.5 Å². The lowest BCUT2D eigenvalue weighted by atomic mass is 10.1. The highest BCUT2D eigenvalue weighted by Crippen LogP contribution is 2.28. The molecule has 11 nitrogen and oxygen atoms in total. The Balaban J connectivity index is 2.00. The summed E-state index contributed by atoms with van der Waals surface area (Å²) in [6.45, 7) is -0.313. The summed E-state index contributed by atoms with van der Waals surface area (Å²) in [4.78, 5) is 26.1. The van der Waals surface area contributed by atoms with Gasteiger partial charge < -0.3 is 31.2 Å². The summed E-state index contributed by atoms with van der Waals surface area (Å²) in [6, 6.07) is -0.897. The van der Waals surface area contributed by atoms with Gasteiger partial charge in [-0.25, -0.2) is 9.67 Å². The van der Waals surface area contributed by atoms with E-state index in [0.717, 1.165) is 11.0 Å². The standard InChI is InChI=1S/C11H17N5O6S/c12-4(2-23)11(20)21-1-5-6(17)7(18)10(22-5)16-3-14-9(15-16)8(13)19/h3-7,10,17-18,23H,1-2,12H2,(H2,13,19)/t4-,5-,6-,7-,10-/m1/s1. The lowest BCUT2D eigenvalue weighted by molar-refractivity contribution is -0.151. The van der Waals surface area contributed by atoms with Gasteiger partial charge in [-0.05, 0) is 0 Å². The van der Waals surface area contributed by atoms with Crippen molar-refractivity contribution in [3.8, 4) is 0 Å². The minimum Gasteiger partial charge on any atom is -0.462 e. The highest BCUT2D eigenvalue weighted by molar-refractivity contribution is 7.80. The fourth-order valence-electron chi connectivity index (χ4n) is 1.94. The molecule has 1 aliphatic rings. The minimum absolute atomic E-state index is 0.104. The van der Waals surface area contributed by atoms with Crippen molar-refractivity contribution in [1.29, 1.82) is 0 Å². The molecule has 2 rings (SSSR count). The summed E-state index contributed by atoms with van der Waals surface area (Å²) in [5.41, 5.74) is 10.5. The average Bonchev–Trinajstić information content (AvgIpc) is 3.11. The number of amides is 1. The number of aliphatic hydroxyl groups is 2. The first-order valence-corrected chi connectivity index (χ1v) is 7.24. The molecule has 0 saturated carbocycles. The van der Waals surface area contributed by atoms with E-state index >= 15 is 0 Å². The number of hydrogen-bond donors (Lipinski definition) is 5. The van der Waals surface area contributed by atoms with Gasteiger partial charge in [0.15, 0.2) is 6.23 Å². The predicted molar refractivity (Wildman–Crippen MR) is 77.3 cm³/mol. The van der Waals surface area contributed by atoms with Gasteiger partial charge in [-0.1, -0.05) is 0 Å². The van der Waals surface area contributed by atoms with Crippen molar-refractivity contribution in [3.05, 3.63) is 12.2 Å². The van der Waals surface area contributed by atoms with Crippen LogP contribution in [0.15, 0.2) is 6.33 Å². The zero-order valence-corrected chi connectivity index (χ0v) is 12.7. The maximum Gasteiger partial charge on any atom is 0.323 e. The van der Waals surface area contributed by atoms with Crippen LogP contribution in [-0.2, 0) is 14.3 Å². The van der Waals surface area contributed by atoms with Crippen molar-refractivity contribution < 1.29 is 29.3 Å². The third-order valence-electron chi connectivity index (χ3n) is 3.22. The van der Waals surface area contributed by atoms with Crippen LogP contribution in [0.25, 0.3) is 0 Å². The molecule has 0 bridgehead atoms. The van der Waals surface area contributed by atoms with Gasteiger partial charge in [-0.3, -0.25) is 9.59 Å². The Hall–Kier alpha value is -1.73. The molecule has 6 N–H and O–H groups in total. The summed E-state index contributed by atoms with van der Waals surface area (Å²) in [5.74, 6) is -1.70. The van der Waals surface area contributed by atoms with Gasteiger partial charge in [-0.15, -0.1) is 5.10 Å². The van der Waals surface area contributed by atoms with Crippen molar-refractivity contribution in [1.82, 2.24) is 14.8 Å². The van der Waals surface area contributed by atoms with Crippen molar-refractivity contribution in [2.24, 2.45) is 11.5 Å². The second-order valence-corrected chi connectivity index (χ2v) is 5.24. The normalized spacial score (nSPS) is 28.5. The molecule has 0 aliphatic carbocycles. The Morgan fingerprint density at radius 2 is 2.17 bits per heavy atom. The quantitative estimate of drug-likeness (QED) is 0.262. The average molecular weight is 347 g/mol. The van der Waals surface area contributed by atoms with Gasteiger partial charge in [0.25, 0.3) is 5.91 Å². The number of carbonyl (C=O) groups is 2. The Morgan fingerprint density at radius 1 is 1.48 bits per heavy atom. The molecule has 1 fully saturated rings. The molecule has 12 heteroatoms. The molecule has 1 saturated heterocycles. The monoisotopic (exact) mass is 347 g/mol. The van der Waals surface area contributed by atoms with Gasteiger partial charge in [0.2, 0.25) is 5.82 Å². The fourth-order valence-corrected chi connectivity index (χ4v) is 2.09. The molecule has 1 aromatic rings. The Morgan fingerprint density at radius 3 is 2.74 bits per heavy atom. The molecule has 128 valence electrons. The third kappa shape index (κ3) is 3.79. The number of nitrogens with two attached hydrogens (primary N) is 2. The molecule has 2 heterocycles. The van der Waals surface area contributed by atoms with E-state index in [1.54, 1.807) is 0 Å². The first-order valence-electron chi connectivity index (χ1n) is 6.60. The summed E-state index contributed by atoms with van der Waals surface area (Å²) in [5, 5.41) is 23.7. The molecule has 0 spiro atoms. The van der Waals surface area contributed by atoms with Crippen LogP contribution < -0.4 is 11.5 Å². The molecule has 1 amide bonds. The third-order valence-corrected chi connectivity index (χ3v) is 3.61. The van der Waals surface area contributed by atoms with Gasteiger partial charge in [0.05, 0.1) is 0 Å². The zero-order valence-electron chi connectivity index (χ0n) is 11.8. The maximum absolute atomic E-state index is 11.5. The van der Waals surface area contributed by atoms with E-state index in [-0.39, 0.29) is 18.2 Å². The number of esters is 1. The number of nitrogens with zero attached hydrogens (tertiary/aromatic N) is 3. The van der Waals surface area contributed by atoms with E-state index in [9.17, 15) is 19.8 Å². The van der Waals surface area contributed by atoms with E-state index in [0.29, 0.717) is 0 Å². The zero-order chi connectivity index (χ0) is 17.1. The highest BCUT2D eigenvalue weighted by Gasteiger charge is 2.45. The molecule has 0 aromatic carbocycles. The second-order valence-electron chi connectivity index (χ2n) is 4.88. The number of carbonyl (C=O) groups excluding carboxylic acids is 2. The predicted octanol–water partition coefficient (Wildman–Crippen LogP) is -3.20. The number of ether oxygens (including phenoxy) is 2. The van der Waals surface area contributed by atoms with E-state index in [1.807, 2.05) is 0 Å². The number of aromatic nitrogens is 3. The lowest BCUT2D eigenvalue weighted by Gasteiger charge is -2.16. The maximum atomic E-state index is 11.5. The van der Waals surface area contributed by atoms with Crippen LogP contribution in [0.5, 0.6) is 0 Å². The van der Waals surface area contributed by atoms with Crippen LogP contribution in [0, 0.1) is 0 Å². The molecule has 0 unspecified atom stereocenters. The van der Waals surface area contributed by atoms with E-state index in [2.05, 4.69) is 22.7 Å². The number of primary amides is 1. The fraction of sp³-hybridized carbons (Fsp3) is 0.636. The topological polar surface area (TPSA) is 176 Å². The number of rotatable bonds is 6. The second kappa shape index (κ2) is 7.23. The number of hydrogen-bond acceptors (Lipinski definition) is 10. The summed E-state index contributed by atoms with van der Waals surface area (Å²) in [7, 11) is 0. The van der Waals surface area contributed by atoms with Crippen LogP contribution in [0.3, 0.4) is 0 Å². The molecular weight excluding hydrogens is 330 g/mol.